The normalized spacial score (nSPS) is 11.7. The maximum Gasteiger partial charge on any atom is 0.469 e. The molecule has 0 saturated heterocycles. The van der Waals surface area contributed by atoms with Crippen LogP contribution < -0.4 is 0 Å². The number of ether oxygens (including phenoxy) is 1. The quantitative estimate of drug-likeness (QED) is 0.0788. The third-order valence-electron chi connectivity index (χ3n) is 5.80. The molecular weight excluding hydrogens is 427 g/mol. The first-order valence-electron chi connectivity index (χ1n) is 13.3. The second-order valence-corrected chi connectivity index (χ2v) is 10.3. The van der Waals surface area contributed by atoms with E-state index in [1.54, 1.807) is 0 Å². The average Bonchev–Trinajstić information content (AvgIpc) is 2.74. The van der Waals surface area contributed by atoms with Crippen LogP contribution in [0.3, 0.4) is 0 Å². The van der Waals surface area contributed by atoms with Gasteiger partial charge in [-0.2, -0.15) is 0 Å². The van der Waals surface area contributed by atoms with E-state index in [1.807, 2.05) is 0 Å². The zero-order chi connectivity index (χ0) is 23.8. The molecule has 0 rings (SSSR count). The summed E-state index contributed by atoms with van der Waals surface area (Å²) in [6.45, 7) is 2.92. The number of rotatable bonds is 25. The van der Waals surface area contributed by atoms with Crippen LogP contribution in [0, 0.1) is 0 Å². The molecule has 0 heterocycles. The Kier molecular flexibility index (Phi) is 23.4. The van der Waals surface area contributed by atoms with Gasteiger partial charge >= 0.3 is 13.8 Å². The van der Waals surface area contributed by atoms with Crippen LogP contribution in [0.5, 0.6) is 0 Å². The van der Waals surface area contributed by atoms with Gasteiger partial charge in [0.2, 0.25) is 0 Å². The molecule has 32 heavy (non-hydrogen) atoms. The number of carbonyl (C=O) groups is 1. The van der Waals surface area contributed by atoms with Crippen molar-refractivity contribution in [1.29, 1.82) is 0 Å². The summed E-state index contributed by atoms with van der Waals surface area (Å²) in [6, 6.07) is 0. The molecule has 0 amide bonds. The molecule has 0 unspecified atom stereocenters. The number of unbranched alkanes of at least 4 members (excludes halogenated alkanes) is 18. The van der Waals surface area contributed by atoms with E-state index < -0.39 is 7.82 Å². The van der Waals surface area contributed by atoms with E-state index in [9.17, 15) is 9.36 Å². The fourth-order valence-corrected chi connectivity index (χ4v) is 4.18. The Morgan fingerprint density at radius 2 is 0.969 bits per heavy atom. The van der Waals surface area contributed by atoms with Gasteiger partial charge in [-0.25, -0.2) is 4.57 Å². The minimum Gasteiger partial charge on any atom is -0.466 e. The van der Waals surface area contributed by atoms with Crippen LogP contribution in [0.1, 0.15) is 142 Å². The molecular formula is C25H51O6P. The molecule has 0 aliphatic heterocycles. The largest absolute Gasteiger partial charge is 0.469 e. The number of hydrogen-bond donors (Lipinski definition) is 2. The zero-order valence-corrected chi connectivity index (χ0v) is 21.6. The first kappa shape index (κ1) is 31.6. The number of phosphoric acid groups is 1. The van der Waals surface area contributed by atoms with Crippen molar-refractivity contribution in [3.8, 4) is 0 Å². The summed E-state index contributed by atoms with van der Waals surface area (Å²) in [5.74, 6) is -0.0467. The summed E-state index contributed by atoms with van der Waals surface area (Å²) < 4.78 is 20.3. The lowest BCUT2D eigenvalue weighted by Crippen LogP contribution is -2.05. The highest BCUT2D eigenvalue weighted by Gasteiger charge is 2.12. The van der Waals surface area contributed by atoms with Gasteiger partial charge in [-0.3, -0.25) is 9.32 Å². The van der Waals surface area contributed by atoms with E-state index in [1.165, 1.54) is 64.2 Å². The van der Waals surface area contributed by atoms with Crippen LogP contribution >= 0.6 is 7.82 Å². The van der Waals surface area contributed by atoms with E-state index in [2.05, 4.69) is 11.4 Å². The van der Waals surface area contributed by atoms with Crippen molar-refractivity contribution in [3.63, 3.8) is 0 Å². The maximum absolute atomic E-state index is 11.8. The molecule has 0 aromatic heterocycles. The summed E-state index contributed by atoms with van der Waals surface area (Å²) in [5.41, 5.74) is 0. The summed E-state index contributed by atoms with van der Waals surface area (Å²) >= 11 is 0. The molecule has 0 fully saturated rings. The van der Waals surface area contributed by atoms with Crippen LogP contribution in [-0.2, 0) is 18.6 Å². The van der Waals surface area contributed by atoms with Crippen molar-refractivity contribution < 1.29 is 28.4 Å². The predicted molar refractivity (Wildman–Crippen MR) is 132 cm³/mol. The lowest BCUT2D eigenvalue weighted by Gasteiger charge is -2.06. The number of phosphoric ester groups is 1. The molecule has 192 valence electrons. The Bertz CT molecular complexity index is 452. The van der Waals surface area contributed by atoms with Crippen LogP contribution in [0.4, 0.5) is 0 Å². The van der Waals surface area contributed by atoms with E-state index in [0.717, 1.165) is 57.8 Å². The van der Waals surface area contributed by atoms with Gasteiger partial charge in [0.15, 0.2) is 0 Å². The Hall–Kier alpha value is -0.420. The maximum atomic E-state index is 11.8. The Morgan fingerprint density at radius 1 is 0.594 bits per heavy atom. The molecule has 0 aliphatic carbocycles. The van der Waals surface area contributed by atoms with Crippen molar-refractivity contribution in [3.05, 3.63) is 0 Å². The summed E-state index contributed by atoms with van der Waals surface area (Å²) in [6.07, 6.45) is 24.2. The monoisotopic (exact) mass is 478 g/mol. The lowest BCUT2D eigenvalue weighted by atomic mass is 10.0. The fraction of sp³-hybridized carbons (Fsp3) is 0.960. The molecule has 0 bridgehead atoms. The third-order valence-corrected chi connectivity index (χ3v) is 6.31. The molecule has 0 aromatic carbocycles. The SMILES string of the molecule is CCCCCCCCCCCCCCC(=O)OCCCCCCCCCCOP(=O)(O)O. The van der Waals surface area contributed by atoms with E-state index in [-0.39, 0.29) is 12.6 Å². The molecule has 7 heteroatoms. The molecule has 0 saturated carbocycles. The predicted octanol–water partition coefficient (Wildman–Crippen LogP) is 7.85. The smallest absolute Gasteiger partial charge is 0.466 e. The zero-order valence-electron chi connectivity index (χ0n) is 20.7. The van der Waals surface area contributed by atoms with Crippen molar-refractivity contribution in [2.45, 2.75) is 142 Å². The number of carbonyl (C=O) groups excluding carboxylic acids is 1. The Morgan fingerprint density at radius 3 is 1.41 bits per heavy atom. The van der Waals surface area contributed by atoms with Crippen molar-refractivity contribution in [1.82, 2.24) is 0 Å². The highest BCUT2D eigenvalue weighted by atomic mass is 31.2. The summed E-state index contributed by atoms with van der Waals surface area (Å²) in [7, 11) is -4.30. The minimum atomic E-state index is -4.30. The van der Waals surface area contributed by atoms with Gasteiger partial charge in [0.25, 0.3) is 0 Å². The third kappa shape index (κ3) is 27.6. The molecule has 2 N–H and O–H groups in total. The fourth-order valence-electron chi connectivity index (χ4n) is 3.82. The lowest BCUT2D eigenvalue weighted by molar-refractivity contribution is -0.143. The topological polar surface area (TPSA) is 93.1 Å². The van der Waals surface area contributed by atoms with Gasteiger partial charge in [-0.05, 0) is 19.3 Å². The van der Waals surface area contributed by atoms with Crippen LogP contribution in [0.2, 0.25) is 0 Å². The van der Waals surface area contributed by atoms with E-state index in [4.69, 9.17) is 14.5 Å². The van der Waals surface area contributed by atoms with E-state index >= 15 is 0 Å². The van der Waals surface area contributed by atoms with Crippen molar-refractivity contribution >= 4 is 13.8 Å². The molecule has 6 nitrogen and oxygen atoms in total. The van der Waals surface area contributed by atoms with Crippen molar-refractivity contribution in [2.24, 2.45) is 0 Å². The highest BCUT2D eigenvalue weighted by molar-refractivity contribution is 7.46. The van der Waals surface area contributed by atoms with Crippen LogP contribution in [0.25, 0.3) is 0 Å². The molecule has 0 radical (unpaired) electrons. The first-order valence-corrected chi connectivity index (χ1v) is 14.8. The summed E-state index contributed by atoms with van der Waals surface area (Å²) in [4.78, 5) is 28.9. The molecule has 0 atom stereocenters. The Balaban J connectivity index is 3.19. The molecule has 0 aromatic rings. The highest BCUT2D eigenvalue weighted by Crippen LogP contribution is 2.35. The second-order valence-electron chi connectivity index (χ2n) is 9.01. The van der Waals surface area contributed by atoms with Gasteiger partial charge < -0.3 is 14.5 Å². The average molecular weight is 479 g/mol. The second kappa shape index (κ2) is 23.7. The van der Waals surface area contributed by atoms with Gasteiger partial charge in [0.05, 0.1) is 13.2 Å². The molecule has 0 aliphatic rings. The van der Waals surface area contributed by atoms with Gasteiger partial charge in [-0.1, -0.05) is 116 Å². The van der Waals surface area contributed by atoms with Gasteiger partial charge in [0, 0.05) is 6.42 Å². The molecule has 0 spiro atoms. The summed E-state index contributed by atoms with van der Waals surface area (Å²) in [5, 5.41) is 0. The van der Waals surface area contributed by atoms with Crippen molar-refractivity contribution in [2.75, 3.05) is 13.2 Å². The van der Waals surface area contributed by atoms with Gasteiger partial charge in [-0.15, -0.1) is 0 Å². The minimum absolute atomic E-state index is 0.0467. The number of esters is 1. The number of hydrogen-bond acceptors (Lipinski definition) is 4. The standard InChI is InChI=1S/C25H51O6P/c1-2-3-4-5-6-7-8-9-10-13-16-19-22-25(26)30-23-20-17-14-11-12-15-18-21-24-31-32(27,28)29/h2-24H2,1H3,(H2,27,28,29). The van der Waals surface area contributed by atoms with Gasteiger partial charge in [0.1, 0.15) is 0 Å². The van der Waals surface area contributed by atoms with E-state index in [0.29, 0.717) is 19.4 Å². The Labute approximate surface area is 197 Å². The first-order chi connectivity index (χ1) is 15.5. The van der Waals surface area contributed by atoms with Crippen LogP contribution in [-0.4, -0.2) is 29.0 Å². The van der Waals surface area contributed by atoms with Crippen LogP contribution in [0.15, 0.2) is 0 Å².